The fourth-order valence-corrected chi connectivity index (χ4v) is 1.32. The van der Waals surface area contributed by atoms with Crippen LogP contribution in [0.5, 0.6) is 0 Å². The van der Waals surface area contributed by atoms with Crippen LogP contribution in [0.3, 0.4) is 0 Å². The second-order valence-corrected chi connectivity index (χ2v) is 3.57. The van der Waals surface area contributed by atoms with Crippen LogP contribution in [0.25, 0.3) is 0 Å². The molecular weight excluding hydrogens is 241 g/mol. The normalized spacial score (nSPS) is 10.2. The lowest BCUT2D eigenvalue weighted by molar-refractivity contribution is 0.202. The van der Waals surface area contributed by atoms with Crippen LogP contribution < -0.4 is 0 Å². The van der Waals surface area contributed by atoms with Crippen molar-refractivity contribution in [2.45, 2.75) is 6.42 Å². The highest BCUT2D eigenvalue weighted by atomic mass is 79.9. The lowest BCUT2D eigenvalue weighted by Crippen LogP contribution is -1.95. The molecule has 0 aromatic carbocycles. The van der Waals surface area contributed by atoms with Crippen LogP contribution in [-0.4, -0.2) is 18.7 Å². The van der Waals surface area contributed by atoms with Crippen molar-refractivity contribution in [3.05, 3.63) is 27.5 Å². The summed E-state index contributed by atoms with van der Waals surface area (Å²) in [5.41, 5.74) is 1.12. The molecule has 66 valence electrons. The number of pyridine rings is 1. The van der Waals surface area contributed by atoms with E-state index in [0.717, 1.165) is 16.5 Å². The van der Waals surface area contributed by atoms with Crippen molar-refractivity contribution in [2.75, 3.05) is 13.7 Å². The van der Waals surface area contributed by atoms with Gasteiger partial charge in [0.2, 0.25) is 0 Å². The maximum absolute atomic E-state index is 5.73. The van der Waals surface area contributed by atoms with Gasteiger partial charge in [0, 0.05) is 13.3 Å². The molecule has 1 heterocycles. The Bertz CT molecular complexity index is 267. The Labute approximate surface area is 85.0 Å². The number of rotatable bonds is 3. The van der Waals surface area contributed by atoms with Gasteiger partial charge in [-0.1, -0.05) is 11.6 Å². The van der Waals surface area contributed by atoms with Gasteiger partial charge in [0.1, 0.15) is 5.15 Å². The van der Waals surface area contributed by atoms with Crippen molar-refractivity contribution in [3.8, 4) is 0 Å². The average Bonchev–Trinajstić information content (AvgIpc) is 2.07. The van der Waals surface area contributed by atoms with Gasteiger partial charge in [-0.05, 0) is 34.0 Å². The summed E-state index contributed by atoms with van der Waals surface area (Å²) in [7, 11) is 1.68. The van der Waals surface area contributed by atoms with E-state index in [0.29, 0.717) is 11.8 Å². The molecule has 0 aliphatic carbocycles. The highest BCUT2D eigenvalue weighted by Gasteiger charge is 1.99. The Morgan fingerprint density at radius 2 is 2.42 bits per heavy atom. The van der Waals surface area contributed by atoms with Gasteiger partial charge in [0.15, 0.2) is 0 Å². The molecule has 1 aromatic rings. The molecule has 0 bridgehead atoms. The minimum atomic E-state index is 0.496. The highest BCUT2D eigenvalue weighted by molar-refractivity contribution is 9.10. The van der Waals surface area contributed by atoms with E-state index in [4.69, 9.17) is 16.3 Å². The molecular formula is C8H9BrClNO. The minimum Gasteiger partial charge on any atom is -0.384 e. The smallest absolute Gasteiger partial charge is 0.143 e. The quantitative estimate of drug-likeness (QED) is 0.770. The van der Waals surface area contributed by atoms with Crippen molar-refractivity contribution in [2.24, 2.45) is 0 Å². The number of hydrogen-bond acceptors (Lipinski definition) is 2. The van der Waals surface area contributed by atoms with Gasteiger partial charge in [-0.3, -0.25) is 0 Å². The highest BCUT2D eigenvalue weighted by Crippen LogP contribution is 2.20. The van der Waals surface area contributed by atoms with Crippen molar-refractivity contribution >= 4 is 27.5 Å². The predicted octanol–water partition coefficient (Wildman–Crippen LogP) is 2.69. The Morgan fingerprint density at radius 1 is 1.67 bits per heavy atom. The van der Waals surface area contributed by atoms with Crippen molar-refractivity contribution in [3.63, 3.8) is 0 Å². The van der Waals surface area contributed by atoms with Crippen LogP contribution in [0.4, 0.5) is 0 Å². The molecule has 0 aliphatic heterocycles. The summed E-state index contributed by atoms with van der Waals surface area (Å²) in [6.45, 7) is 0.704. The maximum Gasteiger partial charge on any atom is 0.143 e. The van der Waals surface area contributed by atoms with Crippen LogP contribution in [0.1, 0.15) is 5.56 Å². The molecule has 12 heavy (non-hydrogen) atoms. The Balaban J connectivity index is 2.69. The maximum atomic E-state index is 5.73. The fourth-order valence-electron chi connectivity index (χ4n) is 0.817. The lowest BCUT2D eigenvalue weighted by Gasteiger charge is -2.01. The van der Waals surface area contributed by atoms with E-state index in [-0.39, 0.29) is 0 Å². The molecule has 0 N–H and O–H groups in total. The molecule has 0 amide bonds. The van der Waals surface area contributed by atoms with Crippen molar-refractivity contribution < 1.29 is 4.74 Å². The zero-order valence-electron chi connectivity index (χ0n) is 6.68. The second kappa shape index (κ2) is 4.80. The third kappa shape index (κ3) is 2.73. The van der Waals surface area contributed by atoms with Gasteiger partial charge in [-0.2, -0.15) is 0 Å². The van der Waals surface area contributed by atoms with Gasteiger partial charge in [0.25, 0.3) is 0 Å². The molecule has 0 unspecified atom stereocenters. The van der Waals surface area contributed by atoms with Gasteiger partial charge in [-0.15, -0.1) is 0 Å². The van der Waals surface area contributed by atoms with E-state index in [9.17, 15) is 0 Å². The SMILES string of the molecule is COCCc1cnc(Cl)c(Br)c1. The van der Waals surface area contributed by atoms with E-state index >= 15 is 0 Å². The van der Waals surface area contributed by atoms with Crippen LogP contribution in [0, 0.1) is 0 Å². The second-order valence-electron chi connectivity index (χ2n) is 2.36. The molecule has 1 rings (SSSR count). The summed E-state index contributed by atoms with van der Waals surface area (Å²) < 4.78 is 5.77. The number of aromatic nitrogens is 1. The van der Waals surface area contributed by atoms with Crippen LogP contribution in [0.15, 0.2) is 16.7 Å². The molecule has 2 nitrogen and oxygen atoms in total. The van der Waals surface area contributed by atoms with Crippen molar-refractivity contribution in [1.82, 2.24) is 4.98 Å². The molecule has 4 heteroatoms. The van der Waals surface area contributed by atoms with Gasteiger partial charge >= 0.3 is 0 Å². The van der Waals surface area contributed by atoms with Gasteiger partial charge in [-0.25, -0.2) is 4.98 Å². The lowest BCUT2D eigenvalue weighted by atomic mass is 10.2. The Hall–Kier alpha value is -0.120. The molecule has 0 saturated carbocycles. The first-order chi connectivity index (χ1) is 5.74. The van der Waals surface area contributed by atoms with E-state index in [1.54, 1.807) is 13.3 Å². The predicted molar refractivity (Wildman–Crippen MR) is 52.5 cm³/mol. The summed E-state index contributed by atoms with van der Waals surface area (Å²) in [5, 5.41) is 0.496. The monoisotopic (exact) mass is 249 g/mol. The van der Waals surface area contributed by atoms with E-state index in [1.807, 2.05) is 6.07 Å². The Kier molecular flexibility index (Phi) is 3.98. The summed E-state index contributed by atoms with van der Waals surface area (Å²) in [4.78, 5) is 3.99. The van der Waals surface area contributed by atoms with Crippen LogP contribution >= 0.6 is 27.5 Å². The Morgan fingerprint density at radius 3 is 3.00 bits per heavy atom. The van der Waals surface area contributed by atoms with E-state index < -0.39 is 0 Å². The largest absolute Gasteiger partial charge is 0.384 e. The summed E-state index contributed by atoms with van der Waals surface area (Å²) in [6, 6.07) is 1.95. The standard InChI is InChI=1S/C8H9BrClNO/c1-12-3-2-6-4-7(9)8(10)11-5-6/h4-5H,2-3H2,1H3. The minimum absolute atomic E-state index is 0.496. The third-order valence-electron chi connectivity index (χ3n) is 1.45. The van der Waals surface area contributed by atoms with E-state index in [2.05, 4.69) is 20.9 Å². The van der Waals surface area contributed by atoms with Crippen LogP contribution in [-0.2, 0) is 11.2 Å². The zero-order valence-corrected chi connectivity index (χ0v) is 9.02. The number of nitrogens with zero attached hydrogens (tertiary/aromatic N) is 1. The topological polar surface area (TPSA) is 22.1 Å². The molecule has 0 fully saturated rings. The number of halogens is 2. The average molecular weight is 251 g/mol. The summed E-state index contributed by atoms with van der Waals surface area (Å²) >= 11 is 9.03. The summed E-state index contributed by atoms with van der Waals surface area (Å²) in [6.07, 6.45) is 2.62. The molecule has 0 saturated heterocycles. The third-order valence-corrected chi connectivity index (χ3v) is 2.58. The number of hydrogen-bond donors (Lipinski definition) is 0. The van der Waals surface area contributed by atoms with E-state index in [1.165, 1.54) is 0 Å². The number of ether oxygens (including phenoxy) is 1. The molecule has 0 aliphatic rings. The van der Waals surface area contributed by atoms with Gasteiger partial charge in [0.05, 0.1) is 11.1 Å². The summed E-state index contributed by atoms with van der Waals surface area (Å²) in [5.74, 6) is 0. The van der Waals surface area contributed by atoms with Gasteiger partial charge < -0.3 is 4.74 Å². The first-order valence-corrected chi connectivity index (χ1v) is 4.70. The van der Waals surface area contributed by atoms with Crippen LogP contribution in [0.2, 0.25) is 5.15 Å². The van der Waals surface area contributed by atoms with Crippen molar-refractivity contribution in [1.29, 1.82) is 0 Å². The molecule has 0 spiro atoms. The number of methoxy groups -OCH3 is 1. The molecule has 0 radical (unpaired) electrons. The zero-order chi connectivity index (χ0) is 8.97. The molecule has 0 atom stereocenters. The molecule has 1 aromatic heterocycles. The fraction of sp³-hybridized carbons (Fsp3) is 0.375. The first-order valence-electron chi connectivity index (χ1n) is 3.53. The first kappa shape index (κ1) is 9.96.